The van der Waals surface area contributed by atoms with E-state index in [1.54, 1.807) is 0 Å². The number of nitrogens with one attached hydrogen (secondary N) is 2. The van der Waals surface area contributed by atoms with Crippen LogP contribution in [0.1, 0.15) is 53.9 Å². The van der Waals surface area contributed by atoms with Crippen molar-refractivity contribution in [3.05, 3.63) is 0 Å². The summed E-state index contributed by atoms with van der Waals surface area (Å²) in [5.41, 5.74) is -0.442. The van der Waals surface area contributed by atoms with E-state index in [0.717, 1.165) is 77.7 Å². The zero-order valence-electron chi connectivity index (χ0n) is 21.0. The number of rotatable bonds is 7. The van der Waals surface area contributed by atoms with Crippen LogP contribution in [-0.4, -0.2) is 93.0 Å². The lowest BCUT2D eigenvalue weighted by atomic mass is 9.97. The van der Waals surface area contributed by atoms with Crippen LogP contribution in [0.15, 0.2) is 4.99 Å². The smallest absolute Gasteiger partial charge is 0.410 e. The summed E-state index contributed by atoms with van der Waals surface area (Å²) in [5.74, 6) is 2.04. The number of guanidine groups is 1. The molecule has 8 nitrogen and oxygen atoms in total. The van der Waals surface area contributed by atoms with Gasteiger partial charge in [-0.15, -0.1) is 24.0 Å². The average molecular weight is 568 g/mol. The summed E-state index contributed by atoms with van der Waals surface area (Å²) in [7, 11) is 1.83. The normalized spacial score (nSPS) is 20.0. The standard InChI is InChI=1S/C23H45N5O3.HI/c1-18(2)15-20(27-11-13-30-14-12-27)17-26-21(24-6)25-16-19-7-9-28(10-8-19)22(29)31-23(3,4)5;/h18-20H,7-17H2,1-6H3,(H2,24,25,26);1H. The van der Waals surface area contributed by atoms with Crippen LogP contribution in [0.3, 0.4) is 0 Å². The van der Waals surface area contributed by atoms with Crippen LogP contribution in [0.2, 0.25) is 0 Å². The summed E-state index contributed by atoms with van der Waals surface area (Å²) in [6.45, 7) is 17.2. The fourth-order valence-electron chi connectivity index (χ4n) is 4.17. The quantitative estimate of drug-likeness (QED) is 0.280. The van der Waals surface area contributed by atoms with Gasteiger partial charge >= 0.3 is 6.09 Å². The van der Waals surface area contributed by atoms with Crippen molar-refractivity contribution >= 4 is 36.0 Å². The zero-order chi connectivity index (χ0) is 22.9. The Morgan fingerprint density at radius 2 is 1.75 bits per heavy atom. The summed E-state index contributed by atoms with van der Waals surface area (Å²) >= 11 is 0. The predicted octanol–water partition coefficient (Wildman–Crippen LogP) is 3.16. The molecule has 2 N–H and O–H groups in total. The van der Waals surface area contributed by atoms with E-state index in [4.69, 9.17) is 9.47 Å². The molecular weight excluding hydrogens is 521 g/mol. The van der Waals surface area contributed by atoms with Gasteiger partial charge in [0.2, 0.25) is 0 Å². The maximum absolute atomic E-state index is 12.2. The highest BCUT2D eigenvalue weighted by molar-refractivity contribution is 14.0. The van der Waals surface area contributed by atoms with Crippen molar-refractivity contribution in [2.24, 2.45) is 16.8 Å². The molecule has 9 heteroatoms. The largest absolute Gasteiger partial charge is 0.444 e. The summed E-state index contributed by atoms with van der Waals surface area (Å²) < 4.78 is 11.0. The number of amides is 1. The fourth-order valence-corrected chi connectivity index (χ4v) is 4.17. The Kier molecular flexibility index (Phi) is 13.2. The summed E-state index contributed by atoms with van der Waals surface area (Å²) in [5, 5.41) is 7.03. The molecule has 2 heterocycles. The van der Waals surface area contributed by atoms with Gasteiger partial charge in [0.25, 0.3) is 0 Å². The zero-order valence-corrected chi connectivity index (χ0v) is 23.3. The van der Waals surface area contributed by atoms with Crippen LogP contribution in [0.4, 0.5) is 4.79 Å². The summed E-state index contributed by atoms with van der Waals surface area (Å²) in [6.07, 6.45) is 2.92. The molecule has 1 unspecified atom stereocenters. The Hall–Kier alpha value is -0.810. The topological polar surface area (TPSA) is 78.4 Å². The van der Waals surface area contributed by atoms with Crippen molar-refractivity contribution in [3.8, 4) is 0 Å². The number of hydrogen-bond acceptors (Lipinski definition) is 5. The van der Waals surface area contributed by atoms with Crippen LogP contribution < -0.4 is 10.6 Å². The number of nitrogens with zero attached hydrogens (tertiary/aromatic N) is 3. The first-order chi connectivity index (χ1) is 14.7. The number of ether oxygens (including phenoxy) is 2. The lowest BCUT2D eigenvalue weighted by Crippen LogP contribution is -2.51. The van der Waals surface area contributed by atoms with Gasteiger partial charge in [0.1, 0.15) is 5.60 Å². The molecule has 1 amide bonds. The van der Waals surface area contributed by atoms with Gasteiger partial charge in [-0.25, -0.2) is 4.79 Å². The Balaban J connectivity index is 0.00000512. The number of piperidine rings is 1. The maximum atomic E-state index is 12.2. The molecule has 188 valence electrons. The van der Waals surface area contributed by atoms with Gasteiger partial charge in [-0.2, -0.15) is 0 Å². The fraction of sp³-hybridized carbons (Fsp3) is 0.913. The van der Waals surface area contributed by atoms with Crippen LogP contribution >= 0.6 is 24.0 Å². The molecule has 0 aromatic heterocycles. The highest BCUT2D eigenvalue weighted by Gasteiger charge is 2.27. The minimum atomic E-state index is -0.442. The molecular formula is C23H46IN5O3. The molecule has 0 spiro atoms. The van der Waals surface area contributed by atoms with Crippen molar-refractivity contribution in [2.45, 2.75) is 65.5 Å². The van der Waals surface area contributed by atoms with E-state index in [9.17, 15) is 4.79 Å². The van der Waals surface area contributed by atoms with Crippen molar-refractivity contribution in [3.63, 3.8) is 0 Å². The molecule has 0 bridgehead atoms. The first kappa shape index (κ1) is 29.2. The molecule has 1 atom stereocenters. The van der Waals surface area contributed by atoms with Gasteiger partial charge in [0, 0.05) is 52.4 Å². The number of morpholine rings is 1. The van der Waals surface area contributed by atoms with Crippen molar-refractivity contribution in [1.82, 2.24) is 20.4 Å². The Morgan fingerprint density at radius 1 is 1.12 bits per heavy atom. The average Bonchev–Trinajstić information content (AvgIpc) is 2.72. The second kappa shape index (κ2) is 14.5. The molecule has 2 aliphatic rings. The number of halogens is 1. The minimum absolute atomic E-state index is 0. The Bertz CT molecular complexity index is 568. The van der Waals surface area contributed by atoms with Gasteiger partial charge < -0.3 is 25.0 Å². The molecule has 2 aliphatic heterocycles. The monoisotopic (exact) mass is 567 g/mol. The molecule has 0 aromatic carbocycles. The first-order valence-electron chi connectivity index (χ1n) is 11.9. The van der Waals surface area contributed by atoms with Crippen LogP contribution in [0, 0.1) is 11.8 Å². The molecule has 0 aromatic rings. The Labute approximate surface area is 212 Å². The number of likely N-dealkylation sites (tertiary alicyclic amines) is 1. The van der Waals surface area contributed by atoms with Crippen molar-refractivity contribution in [2.75, 3.05) is 59.5 Å². The van der Waals surface area contributed by atoms with Gasteiger partial charge in [-0.3, -0.25) is 9.89 Å². The van der Waals surface area contributed by atoms with Gasteiger partial charge in [-0.05, 0) is 51.9 Å². The van der Waals surface area contributed by atoms with E-state index in [1.807, 2.05) is 32.7 Å². The third kappa shape index (κ3) is 10.9. The minimum Gasteiger partial charge on any atom is -0.444 e. The second-order valence-electron chi connectivity index (χ2n) is 10.2. The SMILES string of the molecule is CN=C(NCC1CCN(C(=O)OC(C)(C)C)CC1)NCC(CC(C)C)N1CCOCC1.I. The number of hydrogen-bond donors (Lipinski definition) is 2. The predicted molar refractivity (Wildman–Crippen MR) is 141 cm³/mol. The van der Waals surface area contributed by atoms with E-state index in [-0.39, 0.29) is 30.1 Å². The first-order valence-corrected chi connectivity index (χ1v) is 11.9. The van der Waals surface area contributed by atoms with Crippen LogP contribution in [0.5, 0.6) is 0 Å². The molecule has 2 saturated heterocycles. The summed E-state index contributed by atoms with van der Waals surface area (Å²) in [4.78, 5) is 21.0. The van der Waals surface area contributed by atoms with E-state index >= 15 is 0 Å². The molecule has 32 heavy (non-hydrogen) atoms. The highest BCUT2D eigenvalue weighted by Crippen LogP contribution is 2.19. The van der Waals surface area contributed by atoms with Gasteiger partial charge in [0.15, 0.2) is 5.96 Å². The Morgan fingerprint density at radius 3 is 2.28 bits per heavy atom. The molecule has 2 rings (SSSR count). The van der Waals surface area contributed by atoms with Gasteiger partial charge in [-0.1, -0.05) is 13.8 Å². The van der Waals surface area contributed by atoms with E-state index in [2.05, 4.69) is 34.4 Å². The van der Waals surface area contributed by atoms with E-state index in [1.165, 1.54) is 0 Å². The number of carbonyl (C=O) groups is 1. The lowest BCUT2D eigenvalue weighted by molar-refractivity contribution is 0.0132. The van der Waals surface area contributed by atoms with E-state index in [0.29, 0.717) is 17.9 Å². The summed E-state index contributed by atoms with van der Waals surface area (Å²) in [6, 6.07) is 0.486. The second-order valence-corrected chi connectivity index (χ2v) is 10.2. The molecule has 2 fully saturated rings. The van der Waals surface area contributed by atoms with Crippen molar-refractivity contribution < 1.29 is 14.3 Å². The van der Waals surface area contributed by atoms with Crippen LogP contribution in [-0.2, 0) is 9.47 Å². The molecule has 0 radical (unpaired) electrons. The third-order valence-corrected chi connectivity index (χ3v) is 5.86. The highest BCUT2D eigenvalue weighted by atomic mass is 127. The number of carbonyl (C=O) groups excluding carboxylic acids is 1. The number of aliphatic imine (C=N–C) groups is 1. The van der Waals surface area contributed by atoms with Crippen molar-refractivity contribution in [1.29, 1.82) is 0 Å². The maximum Gasteiger partial charge on any atom is 0.410 e. The third-order valence-electron chi connectivity index (χ3n) is 5.86. The lowest BCUT2D eigenvalue weighted by Gasteiger charge is -2.36. The van der Waals surface area contributed by atoms with Gasteiger partial charge in [0.05, 0.1) is 13.2 Å². The molecule has 0 saturated carbocycles. The van der Waals surface area contributed by atoms with Crippen LogP contribution in [0.25, 0.3) is 0 Å². The van der Waals surface area contributed by atoms with E-state index < -0.39 is 5.60 Å². The molecule has 0 aliphatic carbocycles.